The van der Waals surface area contributed by atoms with Crippen molar-refractivity contribution in [3.8, 4) is 11.1 Å². The lowest BCUT2D eigenvalue weighted by atomic mass is 9.98. The van der Waals surface area contributed by atoms with Crippen LogP contribution in [0.5, 0.6) is 0 Å². The lowest BCUT2D eigenvalue weighted by Gasteiger charge is -2.19. The molecule has 3 aromatic rings. The Morgan fingerprint density at radius 3 is 2.00 bits per heavy atom. The summed E-state index contributed by atoms with van der Waals surface area (Å²) in [6.07, 6.45) is -8.42. The van der Waals surface area contributed by atoms with Crippen LogP contribution in [0.2, 0.25) is 0 Å². The van der Waals surface area contributed by atoms with E-state index in [0.29, 0.717) is 0 Å². The average Bonchev–Trinajstić information content (AvgIpc) is 3.19. The van der Waals surface area contributed by atoms with Gasteiger partial charge in [0, 0.05) is 18.0 Å². The Bertz CT molecular complexity index is 1200. The third-order valence-electron chi connectivity index (χ3n) is 6.19. The molecule has 4 rings (SSSR count). The fourth-order valence-corrected chi connectivity index (χ4v) is 4.35. The van der Waals surface area contributed by atoms with Gasteiger partial charge in [-0.15, -0.1) is 0 Å². The molecule has 188 valence electrons. The highest BCUT2D eigenvalue weighted by atomic mass is 19.4. The highest BCUT2D eigenvalue weighted by Gasteiger charge is 2.39. The first kappa shape index (κ1) is 25.4. The maximum absolute atomic E-state index is 12.5. The van der Waals surface area contributed by atoms with Crippen molar-refractivity contribution in [2.24, 2.45) is 0 Å². The standard InChI is InChI=1S/C27H24F3NO5/c28-27(29,30)25(34)17-11-9-16(10-12-17)24(33)23(32)13-14-31-26(35)36-15-22-20-7-3-1-5-18(20)19-6-2-4-8-21(19)22/h1-12,22-24,32-33H,13-15H2,(H,31,35). The number of ketones is 1. The van der Waals surface area contributed by atoms with Gasteiger partial charge in [0.25, 0.3) is 5.78 Å². The molecule has 0 saturated heterocycles. The maximum Gasteiger partial charge on any atom is 0.454 e. The second-order valence-electron chi connectivity index (χ2n) is 8.50. The highest BCUT2D eigenvalue weighted by molar-refractivity contribution is 6.00. The van der Waals surface area contributed by atoms with Crippen LogP contribution in [-0.2, 0) is 4.74 Å². The minimum atomic E-state index is -5.00. The Balaban J connectivity index is 1.26. The number of hydrogen-bond acceptors (Lipinski definition) is 5. The number of halogens is 3. The molecule has 2 unspecified atom stereocenters. The smallest absolute Gasteiger partial charge is 0.449 e. The number of Topliss-reactive ketones (excluding diaryl/α,β-unsaturated/α-hetero) is 1. The monoisotopic (exact) mass is 499 g/mol. The van der Waals surface area contributed by atoms with Gasteiger partial charge in [-0.1, -0.05) is 72.8 Å². The zero-order chi connectivity index (χ0) is 25.9. The quantitative estimate of drug-likeness (QED) is 0.389. The van der Waals surface area contributed by atoms with Crippen LogP contribution < -0.4 is 5.32 Å². The van der Waals surface area contributed by atoms with Crippen molar-refractivity contribution < 1.29 is 37.7 Å². The predicted molar refractivity (Wildman–Crippen MR) is 125 cm³/mol. The fraction of sp³-hybridized carbons (Fsp3) is 0.259. The molecule has 1 aliphatic rings. The number of amides is 1. The molecule has 0 heterocycles. The molecule has 1 amide bonds. The van der Waals surface area contributed by atoms with Crippen LogP contribution in [0.25, 0.3) is 11.1 Å². The number of aliphatic hydroxyl groups is 2. The highest BCUT2D eigenvalue weighted by Crippen LogP contribution is 2.44. The zero-order valence-corrected chi connectivity index (χ0v) is 19.0. The van der Waals surface area contributed by atoms with Gasteiger partial charge in [0.1, 0.15) is 12.7 Å². The van der Waals surface area contributed by atoms with Gasteiger partial charge >= 0.3 is 12.3 Å². The molecule has 0 spiro atoms. The molecule has 6 nitrogen and oxygen atoms in total. The Labute approximate surface area is 205 Å². The van der Waals surface area contributed by atoms with Crippen molar-refractivity contribution in [3.63, 3.8) is 0 Å². The summed E-state index contributed by atoms with van der Waals surface area (Å²) in [5.74, 6) is -2.08. The zero-order valence-electron chi connectivity index (χ0n) is 19.0. The largest absolute Gasteiger partial charge is 0.454 e. The summed E-state index contributed by atoms with van der Waals surface area (Å²) in [7, 11) is 0. The Kier molecular flexibility index (Phi) is 7.42. The second kappa shape index (κ2) is 10.5. The number of alkyl halides is 3. The third-order valence-corrected chi connectivity index (χ3v) is 6.19. The average molecular weight is 499 g/mol. The van der Waals surface area contributed by atoms with Crippen molar-refractivity contribution in [2.75, 3.05) is 13.2 Å². The van der Waals surface area contributed by atoms with E-state index in [2.05, 4.69) is 5.32 Å². The van der Waals surface area contributed by atoms with Crippen LogP contribution in [0.3, 0.4) is 0 Å². The molecule has 9 heteroatoms. The molecule has 0 radical (unpaired) electrons. The van der Waals surface area contributed by atoms with Crippen LogP contribution in [0.1, 0.15) is 45.5 Å². The Morgan fingerprint density at radius 2 is 1.44 bits per heavy atom. The number of hydrogen-bond donors (Lipinski definition) is 3. The molecular formula is C27H24F3NO5. The minimum absolute atomic E-state index is 0.000453. The van der Waals surface area contributed by atoms with E-state index in [4.69, 9.17) is 4.74 Å². The molecule has 1 aliphatic carbocycles. The van der Waals surface area contributed by atoms with Crippen molar-refractivity contribution in [3.05, 3.63) is 95.1 Å². The lowest BCUT2D eigenvalue weighted by Crippen LogP contribution is -2.30. The first-order valence-corrected chi connectivity index (χ1v) is 11.3. The first-order valence-electron chi connectivity index (χ1n) is 11.3. The first-order chi connectivity index (χ1) is 17.2. The van der Waals surface area contributed by atoms with E-state index < -0.39 is 35.8 Å². The van der Waals surface area contributed by atoms with Crippen LogP contribution in [0.15, 0.2) is 72.8 Å². The van der Waals surface area contributed by atoms with Crippen molar-refractivity contribution >= 4 is 11.9 Å². The van der Waals surface area contributed by atoms with Crippen LogP contribution >= 0.6 is 0 Å². The molecular weight excluding hydrogens is 475 g/mol. The molecule has 2 atom stereocenters. The molecule has 0 fully saturated rings. The van der Waals surface area contributed by atoms with Gasteiger partial charge < -0.3 is 20.3 Å². The van der Waals surface area contributed by atoms with Gasteiger partial charge in [0.05, 0.1) is 6.10 Å². The van der Waals surface area contributed by atoms with E-state index in [1.807, 2.05) is 48.5 Å². The number of ether oxygens (including phenoxy) is 1. The number of carbonyl (C=O) groups is 2. The van der Waals surface area contributed by atoms with E-state index in [-0.39, 0.29) is 31.1 Å². The summed E-state index contributed by atoms with van der Waals surface area (Å²) in [6, 6.07) is 20.0. The fourth-order valence-electron chi connectivity index (χ4n) is 4.35. The summed E-state index contributed by atoms with van der Waals surface area (Å²) >= 11 is 0. The van der Waals surface area contributed by atoms with Crippen molar-refractivity contribution in [2.45, 2.75) is 30.7 Å². The van der Waals surface area contributed by atoms with Gasteiger partial charge in [-0.2, -0.15) is 13.2 Å². The predicted octanol–water partition coefficient (Wildman–Crippen LogP) is 4.75. The second-order valence-corrected chi connectivity index (χ2v) is 8.50. The number of nitrogens with one attached hydrogen (secondary N) is 1. The van der Waals surface area contributed by atoms with Crippen molar-refractivity contribution in [1.82, 2.24) is 5.32 Å². The van der Waals surface area contributed by atoms with Gasteiger partial charge in [0.2, 0.25) is 0 Å². The minimum Gasteiger partial charge on any atom is -0.449 e. The SMILES string of the molecule is O=C(NCCC(O)C(O)c1ccc(C(=O)C(F)(F)F)cc1)OCC1c2ccccc2-c2ccccc21. The normalized spacial score (nSPS) is 14.5. The molecule has 0 aliphatic heterocycles. The number of benzene rings is 3. The van der Waals surface area contributed by atoms with E-state index in [1.165, 1.54) is 0 Å². The topological polar surface area (TPSA) is 95.9 Å². The maximum atomic E-state index is 12.5. The Morgan fingerprint density at radius 1 is 0.889 bits per heavy atom. The van der Waals surface area contributed by atoms with Crippen molar-refractivity contribution in [1.29, 1.82) is 0 Å². The van der Waals surface area contributed by atoms with E-state index >= 15 is 0 Å². The van der Waals surface area contributed by atoms with E-state index in [9.17, 15) is 33.0 Å². The number of fused-ring (bicyclic) bond motifs is 3. The summed E-state index contributed by atoms with van der Waals surface area (Å²) in [5.41, 5.74) is 3.94. The molecule has 3 N–H and O–H groups in total. The number of aliphatic hydroxyl groups excluding tert-OH is 2. The van der Waals surface area contributed by atoms with Gasteiger partial charge in [0.15, 0.2) is 0 Å². The van der Waals surface area contributed by atoms with E-state index in [0.717, 1.165) is 46.5 Å². The third kappa shape index (κ3) is 5.42. The lowest BCUT2D eigenvalue weighted by molar-refractivity contribution is -0.0885. The molecule has 0 aromatic heterocycles. The summed E-state index contributed by atoms with van der Waals surface area (Å²) in [5, 5.41) is 23.0. The summed E-state index contributed by atoms with van der Waals surface area (Å²) in [4.78, 5) is 23.5. The number of alkyl carbamates (subject to hydrolysis) is 1. The van der Waals surface area contributed by atoms with Crippen LogP contribution in [0, 0.1) is 0 Å². The van der Waals surface area contributed by atoms with E-state index in [1.54, 1.807) is 0 Å². The Hall–Kier alpha value is -3.69. The molecule has 0 bridgehead atoms. The number of rotatable bonds is 8. The summed E-state index contributed by atoms with van der Waals surface area (Å²) in [6.45, 7) is 0.133. The van der Waals surface area contributed by atoms with Gasteiger partial charge in [-0.05, 0) is 34.2 Å². The molecule has 0 saturated carbocycles. The molecule has 36 heavy (non-hydrogen) atoms. The van der Waals surface area contributed by atoms with Gasteiger partial charge in [-0.25, -0.2) is 4.79 Å². The molecule has 3 aromatic carbocycles. The van der Waals surface area contributed by atoms with Gasteiger partial charge in [-0.3, -0.25) is 4.79 Å². The van der Waals surface area contributed by atoms with Crippen LogP contribution in [-0.4, -0.2) is 47.5 Å². The van der Waals surface area contributed by atoms with Crippen LogP contribution in [0.4, 0.5) is 18.0 Å². The summed E-state index contributed by atoms with van der Waals surface area (Å²) < 4.78 is 43.0. The number of carbonyl (C=O) groups excluding carboxylic acids is 2.